The molecule has 4 N–H and O–H groups in total. The van der Waals surface area contributed by atoms with Crippen LogP contribution in [0, 0.1) is 0 Å². The first kappa shape index (κ1) is 17.3. The molecule has 0 radical (unpaired) electrons. The molecule has 112 valence electrons. The molecule has 0 aliphatic heterocycles. The first-order valence-electron chi connectivity index (χ1n) is 5.62. The summed E-state index contributed by atoms with van der Waals surface area (Å²) >= 11 is 0. The third-order valence-corrected chi connectivity index (χ3v) is 3.93. The lowest BCUT2D eigenvalue weighted by Crippen LogP contribution is -2.25. The van der Waals surface area contributed by atoms with Crippen LogP contribution < -0.4 is 0 Å². The standard InChI is InChI=1S/C11H17NO6P2/c1-2-10-3-5-11(6-4-10)7-12(8-19(13,14)15)9-20(16,17)18/h2-6H,1,7-9H2,(H2,13,14,15)(H2,16,17,18). The molecule has 0 aromatic heterocycles. The van der Waals surface area contributed by atoms with Gasteiger partial charge in [0.25, 0.3) is 0 Å². The van der Waals surface area contributed by atoms with Crippen LogP contribution in [-0.4, -0.2) is 37.0 Å². The van der Waals surface area contributed by atoms with Gasteiger partial charge < -0.3 is 19.6 Å². The van der Waals surface area contributed by atoms with E-state index in [2.05, 4.69) is 6.58 Å². The molecule has 0 saturated carbocycles. The Balaban J connectivity index is 2.84. The summed E-state index contributed by atoms with van der Waals surface area (Å²) in [5, 5.41) is 0. The second kappa shape index (κ2) is 6.78. The van der Waals surface area contributed by atoms with Crippen LogP contribution >= 0.6 is 15.2 Å². The third kappa shape index (κ3) is 7.12. The lowest BCUT2D eigenvalue weighted by Gasteiger charge is -2.23. The summed E-state index contributed by atoms with van der Waals surface area (Å²) in [5.74, 6) is 0. The fourth-order valence-corrected chi connectivity index (χ4v) is 3.28. The maximum Gasteiger partial charge on any atom is 0.339 e. The van der Waals surface area contributed by atoms with E-state index in [0.717, 1.165) is 10.5 Å². The van der Waals surface area contributed by atoms with Gasteiger partial charge in [0.05, 0.1) is 0 Å². The average Bonchev–Trinajstić information content (AvgIpc) is 2.25. The Kier molecular flexibility index (Phi) is 5.86. The molecule has 0 fully saturated rings. The molecule has 0 unspecified atom stereocenters. The highest BCUT2D eigenvalue weighted by Crippen LogP contribution is 2.41. The summed E-state index contributed by atoms with van der Waals surface area (Å²) in [6, 6.07) is 6.94. The van der Waals surface area contributed by atoms with E-state index in [-0.39, 0.29) is 6.54 Å². The van der Waals surface area contributed by atoms with Gasteiger partial charge in [-0.05, 0) is 11.1 Å². The summed E-state index contributed by atoms with van der Waals surface area (Å²) in [4.78, 5) is 36.8. The summed E-state index contributed by atoms with van der Waals surface area (Å²) in [6.45, 7) is 3.64. The van der Waals surface area contributed by atoms with Crippen molar-refractivity contribution in [2.24, 2.45) is 0 Å². The van der Waals surface area contributed by atoms with Crippen molar-refractivity contribution < 1.29 is 28.7 Å². The second-order valence-corrected chi connectivity index (χ2v) is 7.61. The molecule has 0 saturated heterocycles. The Hall–Kier alpha value is -0.780. The van der Waals surface area contributed by atoms with Gasteiger partial charge >= 0.3 is 15.2 Å². The molecular weight excluding hydrogens is 304 g/mol. The summed E-state index contributed by atoms with van der Waals surface area (Å²) in [7, 11) is -8.79. The molecule has 1 aromatic rings. The van der Waals surface area contributed by atoms with E-state index in [0.29, 0.717) is 5.56 Å². The summed E-state index contributed by atoms with van der Waals surface area (Å²) in [6.07, 6.45) is 0.232. The molecule has 0 amide bonds. The number of hydrogen-bond acceptors (Lipinski definition) is 3. The van der Waals surface area contributed by atoms with Gasteiger partial charge in [-0.1, -0.05) is 36.9 Å². The molecule has 0 atom stereocenters. The maximum absolute atomic E-state index is 11.0. The highest BCUT2D eigenvalue weighted by atomic mass is 31.2. The van der Waals surface area contributed by atoms with Crippen LogP contribution in [-0.2, 0) is 15.7 Å². The first-order valence-corrected chi connectivity index (χ1v) is 9.21. The van der Waals surface area contributed by atoms with Crippen molar-refractivity contribution in [3.63, 3.8) is 0 Å². The number of nitrogens with zero attached hydrogens (tertiary/aromatic N) is 1. The van der Waals surface area contributed by atoms with Gasteiger partial charge in [0, 0.05) is 6.54 Å². The van der Waals surface area contributed by atoms with Crippen LogP contribution in [0.5, 0.6) is 0 Å². The molecule has 0 bridgehead atoms. The lowest BCUT2D eigenvalue weighted by atomic mass is 10.1. The fourth-order valence-electron chi connectivity index (χ4n) is 1.68. The monoisotopic (exact) mass is 321 g/mol. The van der Waals surface area contributed by atoms with Gasteiger partial charge in [0.15, 0.2) is 0 Å². The fraction of sp³-hybridized carbons (Fsp3) is 0.273. The van der Waals surface area contributed by atoms with Crippen molar-refractivity contribution in [3.05, 3.63) is 42.0 Å². The molecule has 0 heterocycles. The van der Waals surface area contributed by atoms with Gasteiger partial charge in [-0.2, -0.15) is 0 Å². The van der Waals surface area contributed by atoms with Crippen LogP contribution in [0.3, 0.4) is 0 Å². The normalized spacial score (nSPS) is 12.7. The molecule has 0 aliphatic carbocycles. The van der Waals surface area contributed by atoms with Crippen LogP contribution in [0.4, 0.5) is 0 Å². The largest absolute Gasteiger partial charge is 0.339 e. The first-order chi connectivity index (χ1) is 9.09. The van der Waals surface area contributed by atoms with E-state index in [4.69, 9.17) is 19.6 Å². The molecule has 0 aliphatic rings. The SMILES string of the molecule is C=Cc1ccc(CN(CP(=O)(O)O)CP(=O)(O)O)cc1. The van der Waals surface area contributed by atoms with Gasteiger partial charge in [-0.15, -0.1) is 0 Å². The topological polar surface area (TPSA) is 118 Å². The quantitative estimate of drug-likeness (QED) is 0.561. The van der Waals surface area contributed by atoms with Gasteiger partial charge in [-0.25, -0.2) is 0 Å². The van der Waals surface area contributed by atoms with E-state index >= 15 is 0 Å². The Morgan fingerprint density at radius 2 is 1.45 bits per heavy atom. The zero-order valence-corrected chi connectivity index (χ0v) is 12.5. The minimum atomic E-state index is -4.39. The van der Waals surface area contributed by atoms with Crippen molar-refractivity contribution in [2.45, 2.75) is 6.54 Å². The molecule has 7 nitrogen and oxygen atoms in total. The smallest absolute Gasteiger partial charge is 0.324 e. The molecule has 9 heteroatoms. The van der Waals surface area contributed by atoms with E-state index in [1.807, 2.05) is 0 Å². The zero-order chi connectivity index (χ0) is 15.4. The highest BCUT2D eigenvalue weighted by molar-refractivity contribution is 7.52. The summed E-state index contributed by atoms with van der Waals surface area (Å²) in [5.41, 5.74) is 1.57. The Bertz CT molecular complexity index is 523. The van der Waals surface area contributed by atoms with E-state index in [1.54, 1.807) is 30.3 Å². The van der Waals surface area contributed by atoms with E-state index < -0.39 is 27.8 Å². The van der Waals surface area contributed by atoms with E-state index in [1.165, 1.54) is 0 Å². The van der Waals surface area contributed by atoms with Crippen LogP contribution in [0.1, 0.15) is 11.1 Å². The van der Waals surface area contributed by atoms with Crippen molar-refractivity contribution in [1.29, 1.82) is 0 Å². The van der Waals surface area contributed by atoms with Crippen molar-refractivity contribution in [1.82, 2.24) is 4.90 Å². The number of hydrogen-bond donors (Lipinski definition) is 4. The molecule has 1 rings (SSSR count). The van der Waals surface area contributed by atoms with Gasteiger partial charge in [0.2, 0.25) is 0 Å². The maximum atomic E-state index is 11.0. The zero-order valence-electron chi connectivity index (χ0n) is 10.7. The van der Waals surface area contributed by atoms with E-state index in [9.17, 15) is 9.13 Å². The van der Waals surface area contributed by atoms with Crippen LogP contribution in [0.25, 0.3) is 6.08 Å². The Morgan fingerprint density at radius 3 is 1.80 bits per heavy atom. The number of rotatable bonds is 7. The van der Waals surface area contributed by atoms with Crippen LogP contribution in [0.2, 0.25) is 0 Å². The predicted molar refractivity (Wildman–Crippen MR) is 75.9 cm³/mol. The van der Waals surface area contributed by atoms with Crippen molar-refractivity contribution >= 4 is 21.3 Å². The van der Waals surface area contributed by atoms with Gasteiger partial charge in [-0.3, -0.25) is 14.0 Å². The minimum absolute atomic E-state index is 0.0354. The lowest BCUT2D eigenvalue weighted by molar-refractivity contribution is 0.273. The highest BCUT2D eigenvalue weighted by Gasteiger charge is 2.25. The molecule has 1 aromatic carbocycles. The van der Waals surface area contributed by atoms with Gasteiger partial charge in [0.1, 0.15) is 12.6 Å². The Morgan fingerprint density at radius 1 is 1.00 bits per heavy atom. The van der Waals surface area contributed by atoms with Crippen molar-refractivity contribution in [2.75, 3.05) is 12.6 Å². The van der Waals surface area contributed by atoms with Crippen molar-refractivity contribution in [3.8, 4) is 0 Å². The second-order valence-electron chi connectivity index (χ2n) is 4.39. The molecule has 0 spiro atoms. The molecule has 20 heavy (non-hydrogen) atoms. The summed E-state index contributed by atoms with van der Waals surface area (Å²) < 4.78 is 22.0. The van der Waals surface area contributed by atoms with Crippen LogP contribution in [0.15, 0.2) is 30.8 Å². The average molecular weight is 321 g/mol. The predicted octanol–water partition coefficient (Wildman–Crippen LogP) is 1.40. The molecular formula is C11H17NO6P2. The minimum Gasteiger partial charge on any atom is -0.324 e. The third-order valence-electron chi connectivity index (χ3n) is 2.39. The Labute approximate surface area is 116 Å². The number of benzene rings is 1.